The summed E-state index contributed by atoms with van der Waals surface area (Å²) in [4.78, 5) is 37.0. The van der Waals surface area contributed by atoms with E-state index in [1.54, 1.807) is 0 Å². The van der Waals surface area contributed by atoms with E-state index < -0.39 is 16.8 Å². The predicted octanol–water partition coefficient (Wildman–Crippen LogP) is 14.4. The summed E-state index contributed by atoms with van der Waals surface area (Å²) in [7, 11) is 1.00. The largest absolute Gasteiger partial charge is 0.400 e. The van der Waals surface area contributed by atoms with E-state index in [0.29, 0.717) is 91.9 Å². The first-order valence-electron chi connectivity index (χ1n) is 34.5. The van der Waals surface area contributed by atoms with E-state index in [0.717, 1.165) is 136 Å². The van der Waals surface area contributed by atoms with Crippen LogP contribution in [-0.4, -0.2) is 115 Å². The van der Waals surface area contributed by atoms with Crippen molar-refractivity contribution in [3.63, 3.8) is 0 Å². The monoisotopic (exact) mass is 1320 g/mol. The molecule has 87 heavy (non-hydrogen) atoms. The molecule has 504 valence electrons. The number of hydrogen-bond acceptors (Lipinski definition) is 14. The van der Waals surface area contributed by atoms with Crippen LogP contribution in [0.5, 0.6) is 0 Å². The third-order valence-corrected chi connectivity index (χ3v) is 28.1. The second-order valence-electron chi connectivity index (χ2n) is 31.0. The maximum Gasteiger partial charge on any atom is 0.197 e. The lowest BCUT2D eigenvalue weighted by Gasteiger charge is -2.57. The summed E-state index contributed by atoms with van der Waals surface area (Å²) in [6.45, 7) is 20.6. The molecule has 0 unspecified atom stereocenters. The first kappa shape index (κ1) is 77.0. The number of aliphatic hydroxyl groups excluding tert-OH is 1. The fourth-order valence-electron chi connectivity index (χ4n) is 24.1. The van der Waals surface area contributed by atoms with E-state index >= 15 is 0 Å². The van der Waals surface area contributed by atoms with Gasteiger partial charge in [0.25, 0.3) is 0 Å². The molecule has 12 aliphatic rings. The normalized spacial score (nSPS) is 45.7. The van der Waals surface area contributed by atoms with E-state index in [2.05, 4.69) is 61.8 Å². The lowest BCUT2D eigenvalue weighted by Crippen LogP contribution is -2.52. The molecule has 0 radical (unpaired) electrons. The number of aliphatic hydroxyl groups is 4. The molecule has 0 aliphatic heterocycles. The van der Waals surface area contributed by atoms with Crippen LogP contribution in [-0.2, 0) is 53.7 Å². The molecule has 0 amide bonds. The first-order valence-corrected chi connectivity index (χ1v) is 36.2. The van der Waals surface area contributed by atoms with Gasteiger partial charge in [0.05, 0.1) is 42.0 Å². The van der Waals surface area contributed by atoms with Gasteiger partial charge in [-0.05, 0) is 313 Å². The summed E-state index contributed by atoms with van der Waals surface area (Å²) in [6.07, 6.45) is 31.7. The molecule has 12 nitrogen and oxygen atoms in total. The van der Waals surface area contributed by atoms with Gasteiger partial charge in [-0.25, -0.2) is 0 Å². The SMILES string of the molecule is C.C.CCOC[C@@]1(O)CC[C@H]2[C@H](CC[C@@H]3[C@@H]2CC[C@]2(C)[C@@H](C(=O)CBr)CC[C@@H]32)C1.CCOC[C@@]1(O)CC[C@H]2[C@H](CC[C@@H]3[C@@H]2CC[C@]2(C)[C@@H](C(C)=O)CC[C@@H]32)C1.CCOC[C@]1(O)CC[C@H]2[C@H](CC[C@@H]3[C@@H]2CC[C@]2(C)[C@@H](C(C)=O)CC[C@@H]32)C1.CO.O=S.O=S. The lowest BCUT2D eigenvalue weighted by molar-refractivity contribution is -0.136. The molecular formula is C72H125BrO12S2. The van der Waals surface area contributed by atoms with Crippen LogP contribution in [0.1, 0.15) is 244 Å². The third kappa shape index (κ3) is 15.8. The van der Waals surface area contributed by atoms with Crippen LogP contribution in [0.3, 0.4) is 0 Å². The van der Waals surface area contributed by atoms with Gasteiger partial charge in [0.2, 0.25) is 0 Å². The zero-order valence-electron chi connectivity index (χ0n) is 54.2. The van der Waals surface area contributed by atoms with Gasteiger partial charge in [0, 0.05) is 44.7 Å². The zero-order chi connectivity index (χ0) is 62.3. The first-order chi connectivity index (χ1) is 40.7. The average molecular weight is 1330 g/mol. The zero-order valence-corrected chi connectivity index (χ0v) is 57.4. The Kier molecular flexibility index (Phi) is 29.3. The van der Waals surface area contributed by atoms with Gasteiger partial charge in [-0.3, -0.25) is 14.4 Å². The van der Waals surface area contributed by atoms with Gasteiger partial charge < -0.3 is 34.6 Å². The minimum absolute atomic E-state index is 0. The standard InChI is InChI=1S/C23H37BrO3.2C23H38O3.CH4O.2CH4.2OS/c1-3-27-14-23(26)11-9-16-15(12-23)4-5-18-17(16)8-10-22(2)19(18)6-7-20(22)21(25)13-24;2*1-4-26-14-23(25)12-10-17-16(13-23)5-6-19-18(17)9-11-22(3)20(15(2)24)7-8-21(19)22;1-2;;;2*1-2/h15-20,26H,3-14H2,1-2H3;2*16-21,25H,4-14H2,1-3H3;2H,1H3;2*1H4;;/t15-,16+,17-,18-,19+,20-,22+,23-;16-,17+,18-,19-,20-,21+,22-,23+;16-,17+,18-,19-,20-,21+,22-,23-;;;;;/m111...../s1. The maximum atomic E-state index is 12.5. The Morgan fingerprint density at radius 1 is 0.402 bits per heavy atom. The van der Waals surface area contributed by atoms with Crippen molar-refractivity contribution in [3.8, 4) is 0 Å². The van der Waals surface area contributed by atoms with Gasteiger partial charge in [0.1, 0.15) is 17.3 Å². The van der Waals surface area contributed by atoms with E-state index in [4.69, 9.17) is 27.7 Å². The highest BCUT2D eigenvalue weighted by Gasteiger charge is 2.62. The van der Waals surface area contributed by atoms with Crippen molar-refractivity contribution >= 4 is 58.3 Å². The molecule has 12 rings (SSSR count). The van der Waals surface area contributed by atoms with Crippen molar-refractivity contribution in [1.29, 1.82) is 0 Å². The highest BCUT2D eigenvalue weighted by Crippen LogP contribution is 2.68. The number of ether oxygens (including phenoxy) is 3. The molecule has 12 aliphatic carbocycles. The Labute approximate surface area is 547 Å². The summed E-state index contributed by atoms with van der Waals surface area (Å²) >= 11 is 9.09. The van der Waals surface area contributed by atoms with Gasteiger partial charge in [-0.2, -0.15) is 8.42 Å². The average Bonchev–Trinajstić information content (AvgIpc) is 1.72. The number of ketones is 3. The molecule has 0 aromatic rings. The van der Waals surface area contributed by atoms with E-state index in [1.165, 1.54) is 116 Å². The Morgan fingerprint density at radius 2 is 0.667 bits per heavy atom. The molecule has 4 N–H and O–H groups in total. The minimum Gasteiger partial charge on any atom is -0.400 e. The van der Waals surface area contributed by atoms with Gasteiger partial charge in [0.15, 0.2) is 25.1 Å². The predicted molar refractivity (Wildman–Crippen MR) is 354 cm³/mol. The summed E-state index contributed by atoms with van der Waals surface area (Å²) in [6, 6.07) is 0. The summed E-state index contributed by atoms with van der Waals surface area (Å²) < 4.78 is 32.4. The van der Waals surface area contributed by atoms with Crippen molar-refractivity contribution in [2.45, 2.75) is 260 Å². The second kappa shape index (κ2) is 33.1. The molecular weight excluding hydrogens is 1200 g/mol. The van der Waals surface area contributed by atoms with E-state index in [9.17, 15) is 29.7 Å². The smallest absolute Gasteiger partial charge is 0.197 e. The van der Waals surface area contributed by atoms with Crippen molar-refractivity contribution in [2.75, 3.05) is 52.1 Å². The molecule has 0 aromatic carbocycles. The van der Waals surface area contributed by atoms with Crippen LogP contribution in [0, 0.1) is 123 Å². The highest BCUT2D eigenvalue weighted by molar-refractivity contribution is 9.09. The van der Waals surface area contributed by atoms with Crippen LogP contribution >= 0.6 is 15.9 Å². The number of carbonyl (C=O) groups excluding carboxylic acids is 3. The molecule has 24 atom stereocenters. The number of alkyl halides is 1. The fourth-order valence-corrected chi connectivity index (χ4v) is 24.5. The molecule has 12 saturated carbocycles. The van der Waals surface area contributed by atoms with Crippen LogP contribution in [0.4, 0.5) is 0 Å². The number of carbonyl (C=O) groups is 3. The number of fused-ring (bicyclic) bond motifs is 15. The Bertz CT molecular complexity index is 2080. The van der Waals surface area contributed by atoms with Gasteiger partial charge in [-0.15, -0.1) is 0 Å². The fraction of sp³-hybridized carbons (Fsp3) is 0.958. The molecule has 15 heteroatoms. The molecule has 12 fully saturated rings. The summed E-state index contributed by atoms with van der Waals surface area (Å²) in [5.74, 6) is 13.9. The highest BCUT2D eigenvalue weighted by atomic mass is 79.9. The second-order valence-corrected chi connectivity index (χ2v) is 31.5. The Morgan fingerprint density at radius 3 is 0.931 bits per heavy atom. The molecule has 0 aromatic heterocycles. The van der Waals surface area contributed by atoms with Crippen LogP contribution in [0.25, 0.3) is 0 Å². The number of hydrogen-bond donors (Lipinski definition) is 4. The quantitative estimate of drug-likeness (QED) is 0.127. The number of Topliss-reactive ketones (excluding diaryl/α,β-unsaturated/α-hetero) is 3. The molecule has 0 saturated heterocycles. The van der Waals surface area contributed by atoms with Crippen LogP contribution < -0.4 is 0 Å². The van der Waals surface area contributed by atoms with Crippen molar-refractivity contribution in [3.05, 3.63) is 0 Å². The Hall–Kier alpha value is -0.750. The lowest BCUT2D eigenvalue weighted by atomic mass is 9.49. The van der Waals surface area contributed by atoms with Crippen molar-refractivity contribution in [2.24, 2.45) is 123 Å². The minimum atomic E-state index is -0.589. The van der Waals surface area contributed by atoms with Gasteiger partial charge in [-0.1, -0.05) is 51.6 Å². The molecule has 0 heterocycles. The van der Waals surface area contributed by atoms with Crippen molar-refractivity contribution < 1.29 is 57.4 Å². The molecule has 0 spiro atoms. The number of rotatable bonds is 13. The van der Waals surface area contributed by atoms with E-state index in [1.807, 2.05) is 34.6 Å². The van der Waals surface area contributed by atoms with Crippen molar-refractivity contribution in [1.82, 2.24) is 0 Å². The number of halogens is 1. The van der Waals surface area contributed by atoms with Crippen LogP contribution in [0.15, 0.2) is 0 Å². The summed E-state index contributed by atoms with van der Waals surface area (Å²) in [5, 5.41) is 40.4. The summed E-state index contributed by atoms with van der Waals surface area (Å²) in [5.41, 5.74) is -0.980. The topological polar surface area (TPSA) is 194 Å². The van der Waals surface area contributed by atoms with Crippen LogP contribution in [0.2, 0.25) is 0 Å². The third-order valence-electron chi connectivity index (χ3n) is 27.5. The molecule has 0 bridgehead atoms. The maximum absolute atomic E-state index is 12.5. The van der Waals surface area contributed by atoms with Gasteiger partial charge >= 0.3 is 0 Å². The van der Waals surface area contributed by atoms with E-state index in [-0.39, 0.29) is 37.0 Å². The Balaban J connectivity index is 0.000000225.